The van der Waals surface area contributed by atoms with E-state index in [-0.39, 0.29) is 35.8 Å². The van der Waals surface area contributed by atoms with E-state index in [1.165, 1.54) is 6.07 Å². The zero-order chi connectivity index (χ0) is 30.0. The molecule has 7 rings (SSSR count). The van der Waals surface area contributed by atoms with Crippen LogP contribution in [0.2, 0.25) is 0 Å². The summed E-state index contributed by atoms with van der Waals surface area (Å²) in [5.41, 5.74) is 3.99. The summed E-state index contributed by atoms with van der Waals surface area (Å²) in [5, 5.41) is 10.6. The molecule has 1 unspecified atom stereocenters. The molecule has 4 heterocycles. The Kier molecular flexibility index (Phi) is 6.51. The van der Waals surface area contributed by atoms with Crippen molar-refractivity contribution in [3.05, 3.63) is 59.2 Å². The highest BCUT2D eigenvalue weighted by Gasteiger charge is 2.44. The Morgan fingerprint density at radius 2 is 1.77 bits per heavy atom. The molecule has 2 aliphatic heterocycles. The molecule has 2 aliphatic carbocycles. The van der Waals surface area contributed by atoms with Crippen LogP contribution >= 0.6 is 0 Å². The van der Waals surface area contributed by atoms with E-state index in [4.69, 9.17) is 5.10 Å². The fourth-order valence-corrected chi connectivity index (χ4v) is 6.27. The minimum atomic E-state index is -0.981. The van der Waals surface area contributed by atoms with Crippen molar-refractivity contribution in [1.29, 1.82) is 0 Å². The first-order chi connectivity index (χ1) is 20.7. The van der Waals surface area contributed by atoms with E-state index in [1.54, 1.807) is 43.3 Å². The average Bonchev–Trinajstić information content (AvgIpc) is 3.66. The van der Waals surface area contributed by atoms with Gasteiger partial charge in [0.1, 0.15) is 6.04 Å². The molecule has 4 aliphatic rings. The third-order valence-corrected chi connectivity index (χ3v) is 8.87. The third kappa shape index (κ3) is 4.84. The summed E-state index contributed by atoms with van der Waals surface area (Å²) >= 11 is 0. The Hall–Kier alpha value is -4.61. The predicted molar refractivity (Wildman–Crippen MR) is 155 cm³/mol. The number of pyridine rings is 1. The summed E-state index contributed by atoms with van der Waals surface area (Å²) in [4.78, 5) is 57.1. The van der Waals surface area contributed by atoms with Crippen LogP contribution in [0, 0.1) is 11.7 Å². The molecule has 0 radical (unpaired) electrons. The molecule has 43 heavy (non-hydrogen) atoms. The molecular formula is C31H32FN7O4. The van der Waals surface area contributed by atoms with Crippen molar-refractivity contribution in [3.8, 4) is 11.3 Å². The van der Waals surface area contributed by atoms with Gasteiger partial charge >= 0.3 is 0 Å². The number of imide groups is 2. The first-order valence-electron chi connectivity index (χ1n) is 14.7. The molecule has 3 aromatic rings. The molecule has 4 amide bonds. The number of benzene rings is 1. The predicted octanol–water partition coefficient (Wildman–Crippen LogP) is 3.49. The number of halogens is 1. The van der Waals surface area contributed by atoms with Gasteiger partial charge in [0.15, 0.2) is 11.6 Å². The van der Waals surface area contributed by atoms with Crippen LogP contribution in [0.4, 0.5) is 15.9 Å². The van der Waals surface area contributed by atoms with Gasteiger partial charge in [0.25, 0.3) is 11.8 Å². The van der Waals surface area contributed by atoms with Crippen LogP contribution in [-0.4, -0.2) is 70.0 Å². The van der Waals surface area contributed by atoms with E-state index in [2.05, 4.69) is 21.8 Å². The number of carbonyl (C=O) groups excluding carboxylic acids is 4. The van der Waals surface area contributed by atoms with Gasteiger partial charge in [-0.15, -0.1) is 0 Å². The lowest BCUT2D eigenvalue weighted by molar-refractivity contribution is -0.136. The zero-order valence-electron chi connectivity index (χ0n) is 24.0. The number of nitrogens with zero attached hydrogens (tertiary/aromatic N) is 5. The Morgan fingerprint density at radius 3 is 2.49 bits per heavy atom. The summed E-state index contributed by atoms with van der Waals surface area (Å²) < 4.78 is 16.3. The van der Waals surface area contributed by atoms with Crippen molar-refractivity contribution in [2.45, 2.75) is 56.5 Å². The van der Waals surface area contributed by atoms with Crippen LogP contribution in [0.5, 0.6) is 0 Å². The number of hydrogen-bond donors (Lipinski definition) is 2. The first kappa shape index (κ1) is 27.2. The second kappa shape index (κ2) is 10.3. The summed E-state index contributed by atoms with van der Waals surface area (Å²) in [6.07, 6.45) is 6.33. The van der Waals surface area contributed by atoms with Crippen molar-refractivity contribution in [2.24, 2.45) is 5.92 Å². The van der Waals surface area contributed by atoms with Gasteiger partial charge in [0, 0.05) is 50.4 Å². The molecule has 2 aromatic heterocycles. The summed E-state index contributed by atoms with van der Waals surface area (Å²) in [5.74, 6) is -1.28. The molecule has 0 bridgehead atoms. The molecule has 1 atom stereocenters. The highest BCUT2D eigenvalue weighted by molar-refractivity contribution is 6.23. The lowest BCUT2D eigenvalue weighted by Gasteiger charge is -2.35. The third-order valence-electron chi connectivity index (χ3n) is 8.87. The van der Waals surface area contributed by atoms with Gasteiger partial charge in [0.05, 0.1) is 28.6 Å². The fourth-order valence-electron chi connectivity index (χ4n) is 6.27. The Bertz CT molecular complexity index is 1670. The van der Waals surface area contributed by atoms with E-state index in [0.29, 0.717) is 24.2 Å². The van der Waals surface area contributed by atoms with Crippen LogP contribution in [0.1, 0.15) is 76.9 Å². The van der Waals surface area contributed by atoms with Crippen molar-refractivity contribution in [1.82, 2.24) is 25.0 Å². The number of fused-ring (bicyclic) bond motifs is 1. The number of piperidine rings is 1. The minimum Gasteiger partial charge on any atom is -0.385 e. The maximum absolute atomic E-state index is 14.3. The number of rotatable bonds is 8. The Labute approximate surface area is 247 Å². The van der Waals surface area contributed by atoms with Gasteiger partial charge in [-0.05, 0) is 68.4 Å². The van der Waals surface area contributed by atoms with E-state index < -0.39 is 29.7 Å². The van der Waals surface area contributed by atoms with Crippen molar-refractivity contribution in [2.75, 3.05) is 30.9 Å². The quantitative estimate of drug-likeness (QED) is 0.385. The Balaban J connectivity index is 0.996. The second-order valence-electron chi connectivity index (χ2n) is 12.2. The van der Waals surface area contributed by atoms with Crippen molar-refractivity contribution >= 4 is 35.1 Å². The van der Waals surface area contributed by atoms with Gasteiger partial charge in [-0.1, -0.05) is 0 Å². The molecule has 11 nitrogen and oxygen atoms in total. The maximum Gasteiger partial charge on any atom is 0.262 e. The fraction of sp³-hybridized carbons (Fsp3) is 0.419. The van der Waals surface area contributed by atoms with Crippen LogP contribution < -0.4 is 15.5 Å². The van der Waals surface area contributed by atoms with Gasteiger partial charge in [0.2, 0.25) is 11.8 Å². The number of anilines is 2. The number of amides is 4. The van der Waals surface area contributed by atoms with E-state index in [1.807, 2.05) is 4.68 Å². The first-order valence-corrected chi connectivity index (χ1v) is 14.7. The monoisotopic (exact) mass is 585 g/mol. The lowest BCUT2D eigenvalue weighted by atomic mass is 9.80. The molecule has 3 fully saturated rings. The van der Waals surface area contributed by atoms with Gasteiger partial charge in [-0.3, -0.25) is 34.1 Å². The minimum absolute atomic E-state index is 0.0846. The van der Waals surface area contributed by atoms with Gasteiger partial charge in [-0.25, -0.2) is 9.37 Å². The van der Waals surface area contributed by atoms with Crippen LogP contribution in [-0.2, 0) is 9.59 Å². The highest BCUT2D eigenvalue weighted by atomic mass is 19.1. The van der Waals surface area contributed by atoms with E-state index >= 15 is 0 Å². The van der Waals surface area contributed by atoms with Crippen LogP contribution in [0.15, 0.2) is 36.5 Å². The van der Waals surface area contributed by atoms with Crippen molar-refractivity contribution in [3.63, 3.8) is 0 Å². The summed E-state index contributed by atoms with van der Waals surface area (Å²) in [6.45, 7) is 0.698. The normalized spacial score (nSPS) is 23.2. The number of nitrogens with one attached hydrogen (secondary N) is 2. The van der Waals surface area contributed by atoms with Crippen LogP contribution in [0.3, 0.4) is 0 Å². The topological polar surface area (TPSA) is 130 Å². The Morgan fingerprint density at radius 1 is 1.00 bits per heavy atom. The zero-order valence-corrected chi connectivity index (χ0v) is 24.0. The molecule has 1 aromatic carbocycles. The van der Waals surface area contributed by atoms with E-state index in [0.717, 1.165) is 53.2 Å². The molecule has 2 N–H and O–H groups in total. The average molecular weight is 586 g/mol. The highest BCUT2D eigenvalue weighted by Crippen LogP contribution is 2.46. The summed E-state index contributed by atoms with van der Waals surface area (Å²) in [6, 6.07) is 7.51. The molecule has 12 heteroatoms. The molecule has 2 saturated carbocycles. The number of carbonyl (C=O) groups is 4. The molecule has 1 saturated heterocycles. The molecular weight excluding hydrogens is 553 g/mol. The lowest BCUT2D eigenvalue weighted by Crippen LogP contribution is -2.54. The SMILES string of the molecule is CN(C)c1nc(-c2cn([C@H]3C[C@H](CNc4ccc5c(c4)C(=O)N(C4CCC(=O)NC4=O)C5=O)C3)nc2C2CC2)ccc1F. The largest absolute Gasteiger partial charge is 0.385 e. The molecule has 0 spiro atoms. The number of hydrogen-bond acceptors (Lipinski definition) is 8. The molecule has 222 valence electrons. The smallest absolute Gasteiger partial charge is 0.262 e. The van der Waals surface area contributed by atoms with Crippen molar-refractivity contribution < 1.29 is 23.6 Å². The standard InChI is InChI=1S/C31H32FN7O4/c1-37(2)28-23(32)7-8-24(34-28)22-15-38(36-27(22)17-3-4-17)19-11-16(12-19)14-33-18-5-6-20-21(13-18)31(43)39(30(20)42)25-9-10-26(40)35-29(25)41/h5-8,13,15-17,19,25,33H,3-4,9-12,14H2,1-2H3,(H,35,40,41)/t16-,19-,25?. The van der Waals surface area contributed by atoms with Gasteiger partial charge in [-0.2, -0.15) is 5.10 Å². The second-order valence-corrected chi connectivity index (χ2v) is 12.2. The maximum atomic E-state index is 14.3. The summed E-state index contributed by atoms with van der Waals surface area (Å²) in [7, 11) is 3.55. The number of aromatic nitrogens is 3. The van der Waals surface area contributed by atoms with E-state index in [9.17, 15) is 23.6 Å². The van der Waals surface area contributed by atoms with Crippen LogP contribution in [0.25, 0.3) is 11.3 Å². The van der Waals surface area contributed by atoms with Gasteiger partial charge < -0.3 is 10.2 Å².